The molecule has 1 nitrogen and oxygen atoms in total. The predicted molar refractivity (Wildman–Crippen MR) is 78.9 cm³/mol. The summed E-state index contributed by atoms with van der Waals surface area (Å²) in [5.74, 6) is 0.763. The summed E-state index contributed by atoms with van der Waals surface area (Å²) in [6.07, 6.45) is 5.39. The van der Waals surface area contributed by atoms with Crippen molar-refractivity contribution in [2.24, 2.45) is 5.92 Å². The summed E-state index contributed by atoms with van der Waals surface area (Å²) in [6.45, 7) is 4.68. The van der Waals surface area contributed by atoms with Crippen molar-refractivity contribution < 1.29 is 0 Å². The largest absolute Gasteiger partial charge is 0.306 e. The fraction of sp³-hybridized carbons (Fsp3) is 0.647. The van der Waals surface area contributed by atoms with Gasteiger partial charge in [-0.3, -0.25) is 0 Å². The van der Waals surface area contributed by atoms with E-state index < -0.39 is 0 Å². The monoisotopic (exact) mass is 245 g/mol. The van der Waals surface area contributed by atoms with E-state index in [2.05, 4.69) is 63.2 Å². The molecule has 0 aliphatic heterocycles. The van der Waals surface area contributed by atoms with E-state index in [1.54, 1.807) is 5.56 Å². The van der Waals surface area contributed by atoms with E-state index in [-0.39, 0.29) is 0 Å². The lowest BCUT2D eigenvalue weighted by Crippen LogP contribution is -2.52. The van der Waals surface area contributed by atoms with Gasteiger partial charge >= 0.3 is 0 Å². The van der Waals surface area contributed by atoms with Crippen LogP contribution < -0.4 is 0 Å². The average Bonchev–Trinajstić information content (AvgIpc) is 2.27. The minimum Gasteiger partial charge on any atom is -0.306 e. The Labute approximate surface area is 112 Å². The van der Waals surface area contributed by atoms with Crippen LogP contribution in [0.1, 0.15) is 45.1 Å². The molecule has 1 aliphatic rings. The lowest BCUT2D eigenvalue weighted by Gasteiger charge is -2.51. The Morgan fingerprint density at radius 1 is 1.11 bits per heavy atom. The van der Waals surface area contributed by atoms with Crippen LogP contribution in [0.25, 0.3) is 0 Å². The molecule has 2 rings (SSSR count). The highest BCUT2D eigenvalue weighted by atomic mass is 15.1. The third-order valence-corrected chi connectivity index (χ3v) is 4.55. The van der Waals surface area contributed by atoms with E-state index in [9.17, 15) is 0 Å². The standard InChI is InChI=1S/C17H27N/c1-14(2)13-16(18(3)4)17(11-8-12-17)15-9-6-5-7-10-15/h5-7,9-10,14,16H,8,11-13H2,1-4H3. The van der Waals surface area contributed by atoms with Crippen molar-refractivity contribution in [2.75, 3.05) is 14.1 Å². The lowest BCUT2D eigenvalue weighted by atomic mass is 9.58. The summed E-state index contributed by atoms with van der Waals surface area (Å²) in [5, 5.41) is 0. The minimum atomic E-state index is 0.412. The SMILES string of the molecule is CC(C)CC(N(C)C)C1(c2ccccc2)CCC1. The fourth-order valence-electron chi connectivity index (χ4n) is 3.52. The summed E-state index contributed by atoms with van der Waals surface area (Å²) in [4.78, 5) is 2.45. The molecule has 1 atom stereocenters. The van der Waals surface area contributed by atoms with Gasteiger partial charge in [-0.15, -0.1) is 0 Å². The van der Waals surface area contributed by atoms with Crippen molar-refractivity contribution in [3.05, 3.63) is 35.9 Å². The molecule has 1 heteroatoms. The molecule has 0 aromatic heterocycles. The van der Waals surface area contributed by atoms with Gasteiger partial charge in [0.25, 0.3) is 0 Å². The van der Waals surface area contributed by atoms with E-state index in [1.807, 2.05) is 0 Å². The van der Waals surface area contributed by atoms with Crippen LogP contribution in [-0.4, -0.2) is 25.0 Å². The molecule has 18 heavy (non-hydrogen) atoms. The first-order valence-electron chi connectivity index (χ1n) is 7.28. The number of rotatable bonds is 5. The van der Waals surface area contributed by atoms with Crippen LogP contribution in [0.2, 0.25) is 0 Å². The first-order chi connectivity index (χ1) is 8.56. The molecule has 1 aromatic carbocycles. The van der Waals surface area contributed by atoms with Crippen LogP contribution in [0, 0.1) is 5.92 Å². The van der Waals surface area contributed by atoms with Crippen molar-refractivity contribution in [1.82, 2.24) is 4.90 Å². The van der Waals surface area contributed by atoms with Gasteiger partial charge in [0.1, 0.15) is 0 Å². The highest BCUT2D eigenvalue weighted by Gasteiger charge is 2.46. The van der Waals surface area contributed by atoms with Gasteiger partial charge in [0, 0.05) is 11.5 Å². The smallest absolute Gasteiger partial charge is 0.0188 e. The number of nitrogens with zero attached hydrogens (tertiary/aromatic N) is 1. The van der Waals surface area contributed by atoms with Gasteiger partial charge < -0.3 is 4.90 Å². The highest BCUT2D eigenvalue weighted by Crippen LogP contribution is 2.49. The Bertz CT molecular complexity index is 362. The summed E-state index contributed by atoms with van der Waals surface area (Å²) in [5.41, 5.74) is 1.96. The molecule has 1 aromatic rings. The Balaban J connectivity index is 2.30. The zero-order valence-corrected chi connectivity index (χ0v) is 12.3. The van der Waals surface area contributed by atoms with Crippen molar-refractivity contribution in [3.8, 4) is 0 Å². The molecule has 1 saturated carbocycles. The summed E-state index contributed by atoms with van der Waals surface area (Å²) < 4.78 is 0. The molecule has 0 N–H and O–H groups in total. The molecule has 100 valence electrons. The fourth-order valence-corrected chi connectivity index (χ4v) is 3.52. The van der Waals surface area contributed by atoms with Gasteiger partial charge in [0.2, 0.25) is 0 Å². The van der Waals surface area contributed by atoms with Crippen LogP contribution in [0.4, 0.5) is 0 Å². The number of hydrogen-bond acceptors (Lipinski definition) is 1. The zero-order valence-electron chi connectivity index (χ0n) is 12.3. The average molecular weight is 245 g/mol. The first-order valence-corrected chi connectivity index (χ1v) is 7.28. The number of likely N-dealkylation sites (N-methyl/N-ethyl adjacent to an activating group) is 1. The Kier molecular flexibility index (Phi) is 4.11. The van der Waals surface area contributed by atoms with E-state index in [0.29, 0.717) is 11.5 Å². The summed E-state index contributed by atoms with van der Waals surface area (Å²) in [6, 6.07) is 11.8. The van der Waals surface area contributed by atoms with Gasteiger partial charge in [-0.25, -0.2) is 0 Å². The molecule has 1 unspecified atom stereocenters. The van der Waals surface area contributed by atoms with Crippen molar-refractivity contribution in [3.63, 3.8) is 0 Å². The quantitative estimate of drug-likeness (QED) is 0.755. The molecule has 0 bridgehead atoms. The molecular weight excluding hydrogens is 218 g/mol. The summed E-state index contributed by atoms with van der Waals surface area (Å²) in [7, 11) is 4.49. The Morgan fingerprint density at radius 3 is 2.11 bits per heavy atom. The topological polar surface area (TPSA) is 3.24 Å². The molecule has 0 amide bonds. The van der Waals surface area contributed by atoms with E-state index in [0.717, 1.165) is 5.92 Å². The third-order valence-electron chi connectivity index (χ3n) is 4.55. The molecule has 1 aliphatic carbocycles. The molecule has 0 spiro atoms. The molecule has 0 radical (unpaired) electrons. The van der Waals surface area contributed by atoms with E-state index in [4.69, 9.17) is 0 Å². The van der Waals surface area contributed by atoms with Crippen LogP contribution in [-0.2, 0) is 5.41 Å². The van der Waals surface area contributed by atoms with Gasteiger partial charge in [0.05, 0.1) is 0 Å². The van der Waals surface area contributed by atoms with E-state index >= 15 is 0 Å². The number of hydrogen-bond donors (Lipinski definition) is 0. The molecule has 0 heterocycles. The van der Waals surface area contributed by atoms with Gasteiger partial charge in [-0.1, -0.05) is 50.6 Å². The highest BCUT2D eigenvalue weighted by molar-refractivity contribution is 5.30. The Hall–Kier alpha value is -0.820. The maximum absolute atomic E-state index is 2.45. The minimum absolute atomic E-state index is 0.412. The van der Waals surface area contributed by atoms with Crippen molar-refractivity contribution in [1.29, 1.82) is 0 Å². The predicted octanol–water partition coefficient (Wildman–Crippen LogP) is 4.08. The Morgan fingerprint density at radius 2 is 1.72 bits per heavy atom. The maximum atomic E-state index is 2.45. The molecular formula is C17H27N. The second-order valence-electron chi connectivity index (χ2n) is 6.48. The zero-order chi connectivity index (χ0) is 13.2. The molecule has 1 fully saturated rings. The van der Waals surface area contributed by atoms with Crippen LogP contribution in [0.5, 0.6) is 0 Å². The summed E-state index contributed by atoms with van der Waals surface area (Å²) >= 11 is 0. The second-order valence-corrected chi connectivity index (χ2v) is 6.48. The lowest BCUT2D eigenvalue weighted by molar-refractivity contribution is 0.0808. The maximum Gasteiger partial charge on any atom is 0.0188 e. The number of benzene rings is 1. The second kappa shape index (κ2) is 5.44. The van der Waals surface area contributed by atoms with Gasteiger partial charge in [-0.05, 0) is 44.8 Å². The van der Waals surface area contributed by atoms with Crippen molar-refractivity contribution >= 4 is 0 Å². The van der Waals surface area contributed by atoms with Crippen LogP contribution in [0.15, 0.2) is 30.3 Å². The van der Waals surface area contributed by atoms with Crippen LogP contribution >= 0.6 is 0 Å². The normalized spacial score (nSPS) is 19.9. The van der Waals surface area contributed by atoms with Crippen molar-refractivity contribution in [2.45, 2.75) is 51.0 Å². The van der Waals surface area contributed by atoms with Crippen LogP contribution in [0.3, 0.4) is 0 Å². The molecule has 0 saturated heterocycles. The van der Waals surface area contributed by atoms with Gasteiger partial charge in [0.15, 0.2) is 0 Å². The first kappa shape index (κ1) is 13.6. The third kappa shape index (κ3) is 2.47. The van der Waals surface area contributed by atoms with Gasteiger partial charge in [-0.2, -0.15) is 0 Å². The van der Waals surface area contributed by atoms with E-state index in [1.165, 1.54) is 25.7 Å².